The summed E-state index contributed by atoms with van der Waals surface area (Å²) in [5, 5.41) is 43.2. The van der Waals surface area contributed by atoms with Crippen LogP contribution < -0.4 is 149 Å². The fraction of sp³-hybridized carbons (Fsp3) is 0.333. The molecule has 0 spiro atoms. The van der Waals surface area contributed by atoms with Gasteiger partial charge in [-0.15, -0.1) is 5.92 Å². The molecule has 0 aliphatic rings. The van der Waals surface area contributed by atoms with Gasteiger partial charge in [0.1, 0.15) is 11.6 Å². The summed E-state index contributed by atoms with van der Waals surface area (Å²) in [6.45, 7) is 0. The number of rotatable bonds is 30. The van der Waals surface area contributed by atoms with Crippen LogP contribution in [0.2, 0.25) is 0 Å². The third-order valence-corrected chi connectivity index (χ3v) is 10.9. The maximum atomic E-state index is 13.7. The Morgan fingerprint density at radius 2 is 0.806 bits per heavy atom. The van der Waals surface area contributed by atoms with Crippen LogP contribution in [0.5, 0.6) is 0 Å². The molecule has 0 aliphatic carbocycles. The third kappa shape index (κ3) is 26.5. The zero-order chi connectivity index (χ0) is 48.7. The smallest absolute Gasteiger partial charge is 0.870 e. The predicted molar refractivity (Wildman–Crippen MR) is 237 cm³/mol. The summed E-state index contributed by atoms with van der Waals surface area (Å²) in [7, 11) is 0. The minimum Gasteiger partial charge on any atom is -0.870 e. The van der Waals surface area contributed by atoms with Crippen LogP contribution in [0.1, 0.15) is 67.2 Å². The topological polar surface area (TPSA) is 306 Å². The van der Waals surface area contributed by atoms with E-state index >= 15 is 0 Å². The number of carboxylic acid groups (broad SMARTS) is 3. The Bertz CT molecular complexity index is 2350. The van der Waals surface area contributed by atoms with Crippen molar-refractivity contribution >= 4 is 59.3 Å². The molecule has 4 aromatic rings. The number of carbonyl (C=O) groups excluding carboxylic acids is 10. The molecule has 17 nitrogen and oxygen atoms in total. The van der Waals surface area contributed by atoms with Gasteiger partial charge >= 0.3 is 118 Å². The minimum absolute atomic E-state index is 0. The van der Waals surface area contributed by atoms with E-state index in [1.165, 1.54) is 0 Å². The standard InChI is InChI=1S/C51H54N3O13.4Na.H2O/c55-32-37(23-33-13-5-1-6-14-33)27-45(58)42(31-47(60)53-43(50(64)65)25-35-17-9-3-10-18-35)52-46(59)22-21-40(56)28-38(48(61)54-44(51(66)67)26-36-19-11-4-12-20-36)29-41(57)30-39(49(62)63)24-34-15-7-2-8-16-34;;;;;/h1-20,37-39,42-44H,21-31H2,(H,52,59)(H,53,60)(H,54,61)(H,62,63)(H,64,65)(H,66,67);;;;;1H2/q-1;4*+1;/p-4. The van der Waals surface area contributed by atoms with Crippen LogP contribution in [0.4, 0.5) is 0 Å². The number of carbonyl (C=O) groups is 9. The Balaban J connectivity index is 0. The molecule has 0 heterocycles. The van der Waals surface area contributed by atoms with Gasteiger partial charge in [0.2, 0.25) is 17.7 Å². The molecule has 0 bridgehead atoms. The van der Waals surface area contributed by atoms with E-state index in [0.29, 0.717) is 22.3 Å². The zero-order valence-corrected chi connectivity index (χ0v) is 49.0. The van der Waals surface area contributed by atoms with Crippen molar-refractivity contribution in [2.45, 2.75) is 88.8 Å². The molecule has 0 aromatic heterocycles. The Labute approximate surface area is 506 Å². The molecule has 0 saturated heterocycles. The summed E-state index contributed by atoms with van der Waals surface area (Å²) >= 11 is 0. The summed E-state index contributed by atoms with van der Waals surface area (Å²) < 4.78 is 0. The van der Waals surface area contributed by atoms with Gasteiger partial charge in [-0.3, -0.25) is 35.1 Å². The Kier molecular flexibility index (Phi) is 37.1. The number of hydrogen-bond acceptors (Lipinski definition) is 14. The molecule has 72 heavy (non-hydrogen) atoms. The molecule has 6 unspecified atom stereocenters. The number of hydrogen-bond donors (Lipinski definition) is 3. The number of aliphatic carboxylic acids is 3. The summed E-state index contributed by atoms with van der Waals surface area (Å²) in [6.07, 6.45) is -2.82. The van der Waals surface area contributed by atoms with Crippen molar-refractivity contribution in [3.05, 3.63) is 144 Å². The van der Waals surface area contributed by atoms with E-state index in [-0.39, 0.29) is 149 Å². The van der Waals surface area contributed by atoms with Gasteiger partial charge in [0.25, 0.3) is 0 Å². The average Bonchev–Trinajstić information content (AvgIpc) is 3.30. The van der Waals surface area contributed by atoms with Crippen molar-refractivity contribution in [3.63, 3.8) is 0 Å². The first-order chi connectivity index (χ1) is 32.1. The zero-order valence-electron chi connectivity index (χ0n) is 41.0. The molecule has 360 valence electrons. The summed E-state index contributed by atoms with van der Waals surface area (Å²) in [5.41, 5.74) is 2.41. The van der Waals surface area contributed by atoms with Crippen LogP contribution in [0.15, 0.2) is 121 Å². The van der Waals surface area contributed by atoms with E-state index in [2.05, 4.69) is 16.0 Å². The van der Waals surface area contributed by atoms with Gasteiger partial charge in [-0.05, 0) is 48.8 Å². The molecule has 6 atom stereocenters. The summed E-state index contributed by atoms with van der Waals surface area (Å²) in [4.78, 5) is 129. The van der Waals surface area contributed by atoms with Gasteiger partial charge in [-0.2, -0.15) is 0 Å². The number of amides is 3. The first-order valence-electron chi connectivity index (χ1n) is 21.7. The molecule has 4 aromatic carbocycles. The number of carboxylic acids is 3. The predicted octanol–water partition coefficient (Wildman–Crippen LogP) is -12.1. The van der Waals surface area contributed by atoms with Crippen molar-refractivity contribution in [1.82, 2.24) is 16.0 Å². The monoisotopic (exact) mass is 1020 g/mol. The van der Waals surface area contributed by atoms with Crippen LogP contribution in [-0.4, -0.2) is 82.9 Å². The van der Waals surface area contributed by atoms with Crippen molar-refractivity contribution in [2.24, 2.45) is 17.8 Å². The van der Waals surface area contributed by atoms with Crippen LogP contribution in [-0.2, 0) is 73.6 Å². The van der Waals surface area contributed by atoms with Crippen LogP contribution in [0.3, 0.4) is 0 Å². The Morgan fingerprint density at radius 3 is 1.24 bits per heavy atom. The number of nitrogens with one attached hydrogen (secondary N) is 3. The third-order valence-electron chi connectivity index (χ3n) is 10.9. The molecule has 0 radical (unpaired) electrons. The van der Waals surface area contributed by atoms with E-state index < -0.39 is 134 Å². The Morgan fingerprint density at radius 1 is 0.417 bits per heavy atom. The van der Waals surface area contributed by atoms with E-state index in [1.54, 1.807) is 121 Å². The van der Waals surface area contributed by atoms with Gasteiger partial charge < -0.3 is 55.9 Å². The molecule has 3 amide bonds. The summed E-state index contributed by atoms with van der Waals surface area (Å²) in [6, 6.07) is 29.0. The molecule has 0 aliphatic heterocycles. The second-order valence-electron chi connectivity index (χ2n) is 16.3. The second kappa shape index (κ2) is 38.0. The quantitative estimate of drug-likeness (QED) is 0.0323. The van der Waals surface area contributed by atoms with Gasteiger partial charge in [0, 0.05) is 44.0 Å². The summed E-state index contributed by atoms with van der Waals surface area (Å²) in [5.74, 6) is -13.7. The van der Waals surface area contributed by atoms with Gasteiger partial charge in [-0.1, -0.05) is 127 Å². The first-order valence-corrected chi connectivity index (χ1v) is 21.7. The maximum absolute atomic E-state index is 13.7. The number of ketones is 3. The minimum atomic E-state index is -1.65. The van der Waals surface area contributed by atoms with Crippen molar-refractivity contribution < 1.29 is 187 Å². The van der Waals surface area contributed by atoms with Gasteiger partial charge in [0.15, 0.2) is 5.78 Å². The van der Waals surface area contributed by atoms with Crippen molar-refractivity contribution in [2.75, 3.05) is 0 Å². The van der Waals surface area contributed by atoms with E-state index in [4.69, 9.17) is 0 Å². The maximum Gasteiger partial charge on any atom is 1.00 e. The van der Waals surface area contributed by atoms with E-state index in [9.17, 15) is 63.3 Å². The van der Waals surface area contributed by atoms with Gasteiger partial charge in [-0.25, -0.2) is 0 Å². The SMILES string of the molecule is O=[C-]C(CC(=O)C(CC(=O)NC(Cc1ccccc1)C(=O)[O-])NC(=O)CCC(=O)CC(CC(=O)CC(Cc1ccccc1)C(=O)[O-])C(=O)NC(Cc1ccccc1)C(=O)[O-])Cc1ccccc1.[Na+].[Na+].[Na+].[Na+].[OH-]. The Hall–Kier alpha value is -3.66. The fourth-order valence-electron chi connectivity index (χ4n) is 7.42. The molecule has 4 N–H and O–H groups in total. The van der Waals surface area contributed by atoms with E-state index in [0.717, 1.165) is 0 Å². The molecule has 4 rings (SSSR count). The number of Topliss-reactive ketones (excluding diaryl/α,β-unsaturated/α-hetero) is 3. The molecular weight excluding hydrogens is 971 g/mol. The molecule has 21 heteroatoms. The second-order valence-corrected chi connectivity index (χ2v) is 16.3. The van der Waals surface area contributed by atoms with Crippen molar-refractivity contribution in [3.8, 4) is 0 Å². The van der Waals surface area contributed by atoms with Crippen LogP contribution >= 0.6 is 0 Å². The average molecular weight is 1020 g/mol. The van der Waals surface area contributed by atoms with Gasteiger partial charge in [0.05, 0.1) is 42.4 Å². The van der Waals surface area contributed by atoms with Crippen LogP contribution in [0, 0.1) is 17.8 Å². The molecule has 0 saturated carbocycles. The molecule has 0 fully saturated rings. The number of benzene rings is 4. The normalized spacial score (nSPS) is 12.6. The van der Waals surface area contributed by atoms with Crippen molar-refractivity contribution in [1.29, 1.82) is 0 Å². The fourth-order valence-corrected chi connectivity index (χ4v) is 7.42. The largest absolute Gasteiger partial charge is 1.00 e. The molecular formula is C51H52N3Na4O14-. The first kappa shape index (κ1) is 70.4. The van der Waals surface area contributed by atoms with Crippen LogP contribution in [0.25, 0.3) is 0 Å². The van der Waals surface area contributed by atoms with E-state index in [1.807, 2.05) is 6.29 Å².